The van der Waals surface area contributed by atoms with Crippen molar-refractivity contribution in [2.45, 2.75) is 17.7 Å². The molecule has 16 heavy (non-hydrogen) atoms. The van der Waals surface area contributed by atoms with Crippen molar-refractivity contribution in [3.63, 3.8) is 0 Å². The number of amides is 1. The summed E-state index contributed by atoms with van der Waals surface area (Å²) in [4.78, 5) is 11.4. The van der Waals surface area contributed by atoms with Crippen LogP contribution in [0, 0.1) is 5.92 Å². The zero-order chi connectivity index (χ0) is 11.8. The summed E-state index contributed by atoms with van der Waals surface area (Å²) in [7, 11) is -3.74. The minimum atomic E-state index is -3.74. The molecular weight excluding hydrogens is 250 g/mol. The molecule has 0 aliphatic heterocycles. The normalized spacial score (nSPS) is 15.8. The van der Waals surface area contributed by atoms with Crippen molar-refractivity contribution in [2.75, 3.05) is 0 Å². The second-order valence-electron chi connectivity index (χ2n) is 3.70. The Morgan fingerprint density at radius 1 is 1.25 bits per heavy atom. The molecule has 86 valence electrons. The molecule has 1 fully saturated rings. The molecule has 0 unspecified atom stereocenters. The molecule has 0 atom stereocenters. The minimum Gasteiger partial charge on any atom is -0.274 e. The standard InChI is InChI=1S/C10H10ClNO3S/c11-8-3-5-9(6-4-8)16(14,15)12-10(13)7-1-2-7/h3-7H,1-2H2,(H,12,13). The van der Waals surface area contributed by atoms with E-state index in [2.05, 4.69) is 0 Å². The molecule has 1 N–H and O–H groups in total. The largest absolute Gasteiger partial charge is 0.274 e. The Balaban J connectivity index is 2.17. The van der Waals surface area contributed by atoms with Crippen LogP contribution in [-0.4, -0.2) is 14.3 Å². The van der Waals surface area contributed by atoms with Crippen molar-refractivity contribution >= 4 is 27.5 Å². The summed E-state index contributed by atoms with van der Waals surface area (Å²) >= 11 is 5.65. The van der Waals surface area contributed by atoms with E-state index in [0.717, 1.165) is 12.8 Å². The molecule has 1 aromatic carbocycles. The lowest BCUT2D eigenvalue weighted by Crippen LogP contribution is -2.31. The topological polar surface area (TPSA) is 63.2 Å². The number of sulfonamides is 1. The molecule has 1 aromatic rings. The first kappa shape index (κ1) is 11.4. The molecule has 6 heteroatoms. The third-order valence-corrected chi connectivity index (χ3v) is 3.92. The highest BCUT2D eigenvalue weighted by molar-refractivity contribution is 7.90. The fourth-order valence-corrected chi connectivity index (χ4v) is 2.40. The fraction of sp³-hybridized carbons (Fsp3) is 0.300. The van der Waals surface area contributed by atoms with Gasteiger partial charge in [-0.2, -0.15) is 0 Å². The summed E-state index contributed by atoms with van der Waals surface area (Å²) in [6.45, 7) is 0. The summed E-state index contributed by atoms with van der Waals surface area (Å²) in [5.41, 5.74) is 0. The molecule has 0 heterocycles. The van der Waals surface area contributed by atoms with E-state index < -0.39 is 15.9 Å². The Morgan fingerprint density at radius 2 is 1.81 bits per heavy atom. The van der Waals surface area contributed by atoms with Gasteiger partial charge in [0, 0.05) is 10.9 Å². The van der Waals surface area contributed by atoms with Gasteiger partial charge in [-0.3, -0.25) is 4.79 Å². The molecule has 0 spiro atoms. The Bertz CT molecular complexity index is 505. The van der Waals surface area contributed by atoms with E-state index in [1.165, 1.54) is 24.3 Å². The SMILES string of the molecule is O=C(NS(=O)(=O)c1ccc(Cl)cc1)C1CC1. The van der Waals surface area contributed by atoms with Gasteiger partial charge in [0.05, 0.1) is 4.90 Å². The lowest BCUT2D eigenvalue weighted by Gasteiger charge is -2.05. The molecule has 0 saturated heterocycles. The third kappa shape index (κ3) is 2.54. The summed E-state index contributed by atoms with van der Waals surface area (Å²) < 4.78 is 25.5. The molecule has 0 bridgehead atoms. The number of benzene rings is 1. The van der Waals surface area contributed by atoms with Gasteiger partial charge >= 0.3 is 0 Å². The van der Waals surface area contributed by atoms with E-state index in [-0.39, 0.29) is 10.8 Å². The van der Waals surface area contributed by atoms with E-state index in [9.17, 15) is 13.2 Å². The van der Waals surface area contributed by atoms with Gasteiger partial charge in [0.2, 0.25) is 5.91 Å². The van der Waals surface area contributed by atoms with Gasteiger partial charge in [0.15, 0.2) is 0 Å². The van der Waals surface area contributed by atoms with Crippen LogP contribution in [0.15, 0.2) is 29.2 Å². The van der Waals surface area contributed by atoms with Crippen molar-refractivity contribution in [3.05, 3.63) is 29.3 Å². The van der Waals surface area contributed by atoms with Crippen LogP contribution < -0.4 is 4.72 Å². The van der Waals surface area contributed by atoms with Gasteiger partial charge in [-0.05, 0) is 37.1 Å². The van der Waals surface area contributed by atoms with Crippen LogP contribution in [0.1, 0.15) is 12.8 Å². The van der Waals surface area contributed by atoms with E-state index in [1.807, 2.05) is 4.72 Å². The maximum absolute atomic E-state index is 11.7. The van der Waals surface area contributed by atoms with Crippen LogP contribution in [0.25, 0.3) is 0 Å². The Labute approximate surface area is 98.7 Å². The first-order valence-corrected chi connectivity index (χ1v) is 6.67. The Hall–Kier alpha value is -1.07. The number of nitrogens with one attached hydrogen (secondary N) is 1. The van der Waals surface area contributed by atoms with Crippen molar-refractivity contribution in [3.8, 4) is 0 Å². The molecule has 0 aromatic heterocycles. The third-order valence-electron chi connectivity index (χ3n) is 2.31. The smallest absolute Gasteiger partial charge is 0.264 e. The highest BCUT2D eigenvalue weighted by atomic mass is 35.5. The quantitative estimate of drug-likeness (QED) is 0.896. The maximum Gasteiger partial charge on any atom is 0.264 e. The molecule has 0 radical (unpaired) electrons. The average Bonchev–Trinajstić information content (AvgIpc) is 3.00. The van der Waals surface area contributed by atoms with Gasteiger partial charge in [-0.25, -0.2) is 13.1 Å². The van der Waals surface area contributed by atoms with Gasteiger partial charge in [-0.15, -0.1) is 0 Å². The van der Waals surface area contributed by atoms with Crippen LogP contribution in [0.4, 0.5) is 0 Å². The van der Waals surface area contributed by atoms with E-state index in [1.54, 1.807) is 0 Å². The summed E-state index contributed by atoms with van der Waals surface area (Å²) in [5.74, 6) is -0.558. The Morgan fingerprint density at radius 3 is 2.31 bits per heavy atom. The van der Waals surface area contributed by atoms with E-state index in [0.29, 0.717) is 5.02 Å². The summed E-state index contributed by atoms with van der Waals surface area (Å²) in [5, 5.41) is 0.451. The molecular formula is C10H10ClNO3S. The molecule has 1 saturated carbocycles. The summed E-state index contributed by atoms with van der Waals surface area (Å²) in [6.07, 6.45) is 1.53. The van der Waals surface area contributed by atoms with E-state index in [4.69, 9.17) is 11.6 Å². The van der Waals surface area contributed by atoms with Gasteiger partial charge in [0.1, 0.15) is 0 Å². The number of hydrogen-bond acceptors (Lipinski definition) is 3. The van der Waals surface area contributed by atoms with Crippen molar-refractivity contribution < 1.29 is 13.2 Å². The maximum atomic E-state index is 11.7. The van der Waals surface area contributed by atoms with Crippen LogP contribution >= 0.6 is 11.6 Å². The first-order chi connectivity index (χ1) is 7.49. The number of hydrogen-bond donors (Lipinski definition) is 1. The number of carbonyl (C=O) groups excluding carboxylic acids is 1. The second kappa shape index (κ2) is 4.07. The zero-order valence-electron chi connectivity index (χ0n) is 8.31. The highest BCUT2D eigenvalue weighted by Gasteiger charge is 2.32. The van der Waals surface area contributed by atoms with Gasteiger partial charge in [0.25, 0.3) is 10.0 Å². The predicted molar refractivity (Wildman–Crippen MR) is 59.5 cm³/mol. The predicted octanol–water partition coefficient (Wildman–Crippen LogP) is 1.55. The highest BCUT2D eigenvalue weighted by Crippen LogP contribution is 2.29. The van der Waals surface area contributed by atoms with E-state index >= 15 is 0 Å². The molecule has 1 aliphatic carbocycles. The monoisotopic (exact) mass is 259 g/mol. The number of rotatable bonds is 3. The molecule has 4 nitrogen and oxygen atoms in total. The van der Waals surface area contributed by atoms with Crippen molar-refractivity contribution in [1.82, 2.24) is 4.72 Å². The van der Waals surface area contributed by atoms with Crippen LogP contribution in [0.3, 0.4) is 0 Å². The zero-order valence-corrected chi connectivity index (χ0v) is 9.88. The van der Waals surface area contributed by atoms with Crippen LogP contribution in [-0.2, 0) is 14.8 Å². The lowest BCUT2D eigenvalue weighted by molar-refractivity contribution is -0.120. The lowest BCUT2D eigenvalue weighted by atomic mass is 10.4. The first-order valence-electron chi connectivity index (χ1n) is 4.81. The van der Waals surface area contributed by atoms with Crippen LogP contribution in [0.5, 0.6) is 0 Å². The van der Waals surface area contributed by atoms with Gasteiger partial charge < -0.3 is 0 Å². The summed E-state index contributed by atoms with van der Waals surface area (Å²) in [6, 6.07) is 5.67. The fourth-order valence-electron chi connectivity index (χ4n) is 1.23. The molecule has 2 rings (SSSR count). The van der Waals surface area contributed by atoms with Crippen molar-refractivity contribution in [1.29, 1.82) is 0 Å². The average molecular weight is 260 g/mol. The Kier molecular flexibility index (Phi) is 2.90. The minimum absolute atomic E-state index is 0.0471. The molecule has 1 amide bonds. The van der Waals surface area contributed by atoms with Gasteiger partial charge in [-0.1, -0.05) is 11.6 Å². The van der Waals surface area contributed by atoms with Crippen LogP contribution in [0.2, 0.25) is 5.02 Å². The van der Waals surface area contributed by atoms with Crippen molar-refractivity contribution in [2.24, 2.45) is 5.92 Å². The number of carbonyl (C=O) groups is 1. The molecule has 1 aliphatic rings. The number of halogens is 1. The second-order valence-corrected chi connectivity index (χ2v) is 5.82.